The van der Waals surface area contributed by atoms with Gasteiger partial charge in [0.1, 0.15) is 55.6 Å². The molecule has 2 saturated heterocycles. The minimum atomic E-state index is -1.49. The third-order valence-electron chi connectivity index (χ3n) is 8.22. The van der Waals surface area contributed by atoms with Crippen LogP contribution in [0.4, 0.5) is 0 Å². The van der Waals surface area contributed by atoms with Gasteiger partial charge in [-0.15, -0.1) is 0 Å². The fourth-order valence-electron chi connectivity index (χ4n) is 5.55. The Morgan fingerprint density at radius 1 is 0.977 bits per heavy atom. The summed E-state index contributed by atoms with van der Waals surface area (Å²) in [5.74, 6) is -0.959. The molecule has 2 aromatic carbocycles. The fraction of sp³-hybridized carbons (Fsp3) is 0.516. The van der Waals surface area contributed by atoms with Gasteiger partial charge in [-0.1, -0.05) is 35.9 Å². The molecule has 3 aliphatic rings. The number of nitrogens with one attached hydrogen (secondary N) is 1. The number of amides is 1. The number of benzene rings is 2. The van der Waals surface area contributed by atoms with Gasteiger partial charge in [0.2, 0.25) is 12.2 Å². The smallest absolute Gasteiger partial charge is 0.247 e. The van der Waals surface area contributed by atoms with Crippen LogP contribution in [0.5, 0.6) is 11.5 Å². The number of phenols is 1. The van der Waals surface area contributed by atoms with Gasteiger partial charge >= 0.3 is 0 Å². The van der Waals surface area contributed by atoms with E-state index in [4.69, 9.17) is 23.7 Å². The summed E-state index contributed by atoms with van der Waals surface area (Å²) in [6.45, 7) is 5.35. The normalized spacial score (nSPS) is 34.4. The van der Waals surface area contributed by atoms with Crippen LogP contribution in [0.15, 0.2) is 48.0 Å². The van der Waals surface area contributed by atoms with Gasteiger partial charge in [0.15, 0.2) is 11.5 Å². The van der Waals surface area contributed by atoms with Crippen molar-refractivity contribution in [3.8, 4) is 11.5 Å². The summed E-state index contributed by atoms with van der Waals surface area (Å²) in [5.41, 5.74) is 2.67. The van der Waals surface area contributed by atoms with E-state index in [1.165, 1.54) is 25.1 Å². The summed E-state index contributed by atoms with van der Waals surface area (Å²) in [4.78, 5) is 12.9. The first kappa shape index (κ1) is 32.3. The molecule has 3 fully saturated rings. The van der Waals surface area contributed by atoms with Crippen LogP contribution in [0.1, 0.15) is 30.5 Å². The summed E-state index contributed by atoms with van der Waals surface area (Å²) in [5, 5.41) is 65.6. The van der Waals surface area contributed by atoms with Gasteiger partial charge in [0.25, 0.3) is 0 Å². The summed E-state index contributed by atoms with van der Waals surface area (Å²) in [6, 6.07) is 10.9. The minimum Gasteiger partial charge on any atom is -0.504 e. The Labute approximate surface area is 254 Å². The molecule has 0 spiro atoms. The van der Waals surface area contributed by atoms with Crippen LogP contribution < -0.4 is 10.1 Å². The predicted molar refractivity (Wildman–Crippen MR) is 153 cm³/mol. The van der Waals surface area contributed by atoms with E-state index in [-0.39, 0.29) is 30.5 Å². The zero-order chi connectivity index (χ0) is 31.7. The molecule has 2 unspecified atom stereocenters. The van der Waals surface area contributed by atoms with E-state index in [2.05, 4.69) is 5.32 Å². The lowest BCUT2D eigenvalue weighted by Gasteiger charge is -2.41. The number of ether oxygens (including phenoxy) is 5. The summed E-state index contributed by atoms with van der Waals surface area (Å²) in [7, 11) is 0. The van der Waals surface area contributed by atoms with E-state index in [0.29, 0.717) is 5.56 Å². The Morgan fingerprint density at radius 2 is 1.66 bits per heavy atom. The zero-order valence-corrected chi connectivity index (χ0v) is 24.5. The number of rotatable bonds is 9. The van der Waals surface area contributed by atoms with Crippen molar-refractivity contribution in [1.82, 2.24) is 5.32 Å². The van der Waals surface area contributed by atoms with E-state index in [1.807, 2.05) is 31.2 Å². The second kappa shape index (κ2) is 13.5. The molecule has 240 valence electrons. The molecular weight excluding hydrogens is 578 g/mol. The number of aryl methyl sites for hydroxylation is 1. The molecule has 7 N–H and O–H groups in total. The highest BCUT2D eigenvalue weighted by Crippen LogP contribution is 2.34. The highest BCUT2D eigenvalue weighted by atomic mass is 16.7. The third-order valence-corrected chi connectivity index (χ3v) is 8.22. The Hall–Kier alpha value is -3.11. The largest absolute Gasteiger partial charge is 0.504 e. The number of carbonyl (C=O) groups excluding carboxylic acids is 1. The zero-order valence-electron chi connectivity index (χ0n) is 24.5. The van der Waals surface area contributed by atoms with E-state index in [0.717, 1.165) is 11.1 Å². The van der Waals surface area contributed by atoms with Crippen LogP contribution in [0.25, 0.3) is 6.08 Å². The maximum absolute atomic E-state index is 12.9. The number of aliphatic hydroxyl groups is 5. The second-order valence-corrected chi connectivity index (χ2v) is 11.5. The van der Waals surface area contributed by atoms with Crippen molar-refractivity contribution in [1.29, 1.82) is 0 Å². The number of hydrogen-bond donors (Lipinski definition) is 7. The summed E-state index contributed by atoms with van der Waals surface area (Å²) < 4.78 is 27.8. The Bertz CT molecular complexity index is 1340. The van der Waals surface area contributed by atoms with Crippen molar-refractivity contribution in [2.24, 2.45) is 0 Å². The van der Waals surface area contributed by atoms with Gasteiger partial charge in [0.05, 0.1) is 18.8 Å². The molecule has 11 atom stereocenters. The Morgan fingerprint density at radius 3 is 2.34 bits per heavy atom. The summed E-state index contributed by atoms with van der Waals surface area (Å²) in [6.07, 6.45) is -9.95. The van der Waals surface area contributed by atoms with Crippen molar-refractivity contribution >= 4 is 12.0 Å². The lowest BCUT2D eigenvalue weighted by molar-refractivity contribution is -0.155. The van der Waals surface area contributed by atoms with Crippen LogP contribution in [0.2, 0.25) is 0 Å². The van der Waals surface area contributed by atoms with Crippen LogP contribution in [0, 0.1) is 6.92 Å². The Kier molecular flexibility index (Phi) is 9.89. The van der Waals surface area contributed by atoms with Crippen LogP contribution in [0.3, 0.4) is 0 Å². The molecule has 13 nitrogen and oxygen atoms in total. The van der Waals surface area contributed by atoms with E-state index >= 15 is 0 Å². The fourth-order valence-corrected chi connectivity index (χ4v) is 5.55. The van der Waals surface area contributed by atoms with E-state index in [9.17, 15) is 35.4 Å². The molecule has 1 saturated carbocycles. The van der Waals surface area contributed by atoms with Crippen LogP contribution in [-0.4, -0.2) is 111 Å². The van der Waals surface area contributed by atoms with Crippen molar-refractivity contribution in [3.05, 3.63) is 64.7 Å². The molecule has 13 heteroatoms. The number of carbonyl (C=O) groups is 1. The number of phenolic OH excluding ortho intramolecular Hbond substituents is 1. The highest BCUT2D eigenvalue weighted by molar-refractivity contribution is 5.97. The molecule has 44 heavy (non-hydrogen) atoms. The first-order valence-electron chi connectivity index (χ1n) is 14.4. The summed E-state index contributed by atoms with van der Waals surface area (Å²) >= 11 is 0. The van der Waals surface area contributed by atoms with Gasteiger partial charge in [-0.3, -0.25) is 4.79 Å². The molecular formula is C31H39NO12. The first-order valence-corrected chi connectivity index (χ1v) is 14.4. The standard InChI is InChI=1S/C31H39NO12/c1-14-4-6-17(7-5-14)12-40-16(3)27-25(37)26(38)31(44-27)43-20-9-8-18(11-19(20)33)10-15(2)30(39)32-21-22(34)24(36)29-28(23(21)35)41-13-42-29/h4-11,16,21-29,31,33-38H,12-13H2,1-3H3,(H,32,39)/b15-10-/t16?,21-,22+,23-,24-,25+,26+,27?,28+,29-,31-/m1/s1. The molecule has 0 aromatic heterocycles. The average molecular weight is 618 g/mol. The predicted octanol–water partition coefficient (Wildman–Crippen LogP) is -0.143. The lowest BCUT2D eigenvalue weighted by atomic mass is 9.83. The first-order chi connectivity index (χ1) is 20.9. The van der Waals surface area contributed by atoms with Crippen molar-refractivity contribution in [2.45, 2.75) is 94.6 Å². The van der Waals surface area contributed by atoms with Gasteiger partial charge in [-0.05, 0) is 50.1 Å². The molecule has 0 radical (unpaired) electrons. The Balaban J connectivity index is 1.18. The quantitative estimate of drug-likeness (QED) is 0.184. The number of aliphatic hydroxyl groups excluding tert-OH is 5. The molecule has 5 rings (SSSR count). The maximum atomic E-state index is 12.9. The SMILES string of the molecule is C/C(=C/c1ccc(O[C@@H]2OC(C(C)OCc3ccc(C)cc3)[C@@H](O)[C@@H]2O)c(O)c1)C(=O)N[C@@H]1[C@H](O)[C@@H](O)[C@H]2OCO[C@H]2[C@@H]1O. The molecule has 0 bridgehead atoms. The molecule has 2 aliphatic heterocycles. The van der Waals surface area contributed by atoms with Crippen LogP contribution in [-0.2, 0) is 30.3 Å². The minimum absolute atomic E-state index is 0.0230. The maximum Gasteiger partial charge on any atom is 0.247 e. The van der Waals surface area contributed by atoms with Gasteiger partial charge in [-0.2, -0.15) is 0 Å². The van der Waals surface area contributed by atoms with Crippen molar-refractivity contribution in [2.75, 3.05) is 6.79 Å². The second-order valence-electron chi connectivity index (χ2n) is 11.5. The van der Waals surface area contributed by atoms with E-state index in [1.54, 1.807) is 13.0 Å². The monoisotopic (exact) mass is 617 g/mol. The number of fused-ring (bicyclic) bond motifs is 1. The number of hydrogen-bond acceptors (Lipinski definition) is 12. The topological polar surface area (TPSA) is 197 Å². The molecule has 1 aliphatic carbocycles. The van der Waals surface area contributed by atoms with Crippen molar-refractivity contribution < 1.29 is 59.1 Å². The van der Waals surface area contributed by atoms with Gasteiger partial charge < -0.3 is 59.6 Å². The third kappa shape index (κ3) is 6.76. The van der Waals surface area contributed by atoms with Gasteiger partial charge in [-0.25, -0.2) is 0 Å². The molecule has 2 heterocycles. The van der Waals surface area contributed by atoms with Crippen LogP contribution >= 0.6 is 0 Å². The lowest BCUT2D eigenvalue weighted by Crippen LogP contribution is -2.67. The van der Waals surface area contributed by atoms with E-state index < -0.39 is 73.2 Å². The average Bonchev–Trinajstić information content (AvgIpc) is 3.60. The molecule has 2 aromatic rings. The van der Waals surface area contributed by atoms with Crippen molar-refractivity contribution in [3.63, 3.8) is 0 Å². The van der Waals surface area contributed by atoms with Gasteiger partial charge in [0, 0.05) is 5.57 Å². The highest BCUT2D eigenvalue weighted by Gasteiger charge is 2.53. The number of aromatic hydroxyl groups is 1. The molecule has 1 amide bonds.